The lowest BCUT2D eigenvalue weighted by Crippen LogP contribution is -2.16. The monoisotopic (exact) mass is 575 g/mol. The largest absolute Gasteiger partial charge is 0.486 e. The van der Waals surface area contributed by atoms with Gasteiger partial charge in [0.15, 0.2) is 23.0 Å². The molecule has 0 aromatic heterocycles. The van der Waals surface area contributed by atoms with E-state index >= 15 is 0 Å². The first-order chi connectivity index (χ1) is 15.2. The zero-order valence-corrected chi connectivity index (χ0v) is 21.8. The van der Waals surface area contributed by atoms with Crippen molar-refractivity contribution in [2.24, 2.45) is 13.5 Å². The summed E-state index contributed by atoms with van der Waals surface area (Å²) in [6, 6.07) is 10.8. The van der Waals surface area contributed by atoms with Crippen molar-refractivity contribution in [1.82, 2.24) is 0 Å². The predicted molar refractivity (Wildman–Crippen MR) is 134 cm³/mol. The van der Waals surface area contributed by atoms with Gasteiger partial charge in [0, 0.05) is 23.5 Å². The van der Waals surface area contributed by atoms with Crippen molar-refractivity contribution in [3.8, 4) is 23.0 Å². The van der Waals surface area contributed by atoms with E-state index in [1.165, 1.54) is 0 Å². The topological polar surface area (TPSA) is 98.1 Å². The van der Waals surface area contributed by atoms with Crippen LogP contribution >= 0.6 is 64.3 Å². The van der Waals surface area contributed by atoms with Gasteiger partial charge in [-0.25, -0.2) is 0 Å². The van der Waals surface area contributed by atoms with Crippen LogP contribution in [0.15, 0.2) is 49.9 Å². The number of anilines is 2. The van der Waals surface area contributed by atoms with Gasteiger partial charge < -0.3 is 29.1 Å². The first-order valence-electron chi connectivity index (χ1n) is 9.27. The molecule has 0 bridgehead atoms. The van der Waals surface area contributed by atoms with Crippen molar-refractivity contribution in [2.45, 2.75) is 0 Å². The third kappa shape index (κ3) is 5.10. The first-order valence-corrected chi connectivity index (χ1v) is 18.0. The zero-order chi connectivity index (χ0) is 22.4. The van der Waals surface area contributed by atoms with Crippen molar-refractivity contribution in [2.75, 3.05) is 36.6 Å². The Balaban J connectivity index is 1.57. The molecule has 0 amide bonds. The second-order valence-corrected chi connectivity index (χ2v) is 19.0. The van der Waals surface area contributed by atoms with E-state index < -0.39 is 19.3 Å². The summed E-state index contributed by atoms with van der Waals surface area (Å²) in [6.07, 6.45) is 0. The van der Waals surface area contributed by atoms with Crippen LogP contribution in [0.4, 0.5) is 11.4 Å². The van der Waals surface area contributed by atoms with Crippen molar-refractivity contribution in [1.29, 1.82) is 0 Å². The quantitative estimate of drug-likeness (QED) is 0.354. The third-order valence-electron chi connectivity index (χ3n) is 4.34. The fraction of sp³-hybridized carbons (Fsp3) is 0.250. The van der Waals surface area contributed by atoms with Gasteiger partial charge in [0.05, 0.1) is 0 Å². The highest BCUT2D eigenvalue weighted by Gasteiger charge is 2.34. The van der Waals surface area contributed by atoms with Gasteiger partial charge in [-0.05, 0) is 69.2 Å². The van der Waals surface area contributed by atoms with Gasteiger partial charge in [0.1, 0.15) is 26.4 Å². The molecular formula is C16H16Cl4N5O4P3. The third-order valence-corrected chi connectivity index (χ3v) is 15.9. The number of hydrogen-bond acceptors (Lipinski definition) is 9. The number of nitrogens with one attached hydrogen (secondary N) is 2. The molecule has 2 N–H and O–H groups in total. The molecule has 0 fully saturated rings. The van der Waals surface area contributed by atoms with Gasteiger partial charge in [-0.15, -0.1) is 0 Å². The van der Waals surface area contributed by atoms with Crippen molar-refractivity contribution in [3.05, 3.63) is 36.4 Å². The van der Waals surface area contributed by atoms with Crippen LogP contribution in [0.5, 0.6) is 23.0 Å². The Hall–Kier alpha value is -0.910. The van der Waals surface area contributed by atoms with Crippen LogP contribution in [0.3, 0.4) is 0 Å². The van der Waals surface area contributed by atoms with Crippen LogP contribution in [0.25, 0.3) is 0 Å². The molecule has 0 unspecified atom stereocenters. The number of benzene rings is 2. The number of halogens is 4. The fourth-order valence-corrected chi connectivity index (χ4v) is 18.2. The summed E-state index contributed by atoms with van der Waals surface area (Å²) in [4.78, 5) is 0. The molecule has 0 spiro atoms. The lowest BCUT2D eigenvalue weighted by Gasteiger charge is -2.30. The van der Waals surface area contributed by atoms with Crippen molar-refractivity contribution < 1.29 is 18.9 Å². The first kappa shape index (κ1) is 22.9. The second kappa shape index (κ2) is 8.70. The molecule has 0 saturated heterocycles. The SMILES string of the molecule is ClP1(Cl)=NP(Cl)(Cl)=NP(Nc2ccc3c(c2)OCCO3)(Nc2ccc3c(c2)OCCO3)=N1. The molecule has 3 aliphatic heterocycles. The Labute approximate surface area is 203 Å². The van der Waals surface area contributed by atoms with Gasteiger partial charge in [0.2, 0.25) is 0 Å². The van der Waals surface area contributed by atoms with Crippen molar-refractivity contribution >= 4 is 75.7 Å². The molecule has 0 radical (unpaired) electrons. The molecule has 3 aliphatic rings. The number of ether oxygens (including phenoxy) is 4. The maximum atomic E-state index is 6.40. The lowest BCUT2D eigenvalue weighted by atomic mass is 10.3. The molecule has 172 valence electrons. The summed E-state index contributed by atoms with van der Waals surface area (Å²) in [5.74, 6) is -3.92. The van der Waals surface area contributed by atoms with E-state index in [4.69, 9.17) is 63.9 Å². The van der Waals surface area contributed by atoms with Crippen LogP contribution in [0.1, 0.15) is 0 Å². The molecule has 0 atom stereocenters. The highest BCUT2D eigenvalue weighted by atomic mass is 35.9. The summed E-state index contributed by atoms with van der Waals surface area (Å²) >= 11 is 25.6. The number of fused-ring (bicyclic) bond motifs is 2. The van der Waals surface area contributed by atoms with Gasteiger partial charge in [0.25, 0.3) is 19.3 Å². The number of rotatable bonds is 4. The van der Waals surface area contributed by atoms with E-state index in [0.717, 1.165) is 0 Å². The molecule has 0 saturated carbocycles. The van der Waals surface area contributed by atoms with E-state index in [1.54, 1.807) is 24.3 Å². The maximum Gasteiger partial charge on any atom is 0.266 e. The van der Waals surface area contributed by atoms with Crippen LogP contribution < -0.4 is 29.1 Å². The summed E-state index contributed by atoms with van der Waals surface area (Å²) in [5.41, 5.74) is 1.28. The standard InChI is InChI=1S/C16H16Cl4N5O4P3/c17-30(18)23-31(19,20)25-32(24-30,21-11-1-3-13-15(9-11)28-7-5-26-13)22-12-2-4-14-16(10-12)29-8-6-27-14/h1-4,9-10,21-22H,5-8H2. The lowest BCUT2D eigenvalue weighted by molar-refractivity contribution is 0.171. The average Bonchev–Trinajstić information content (AvgIpc) is 2.71. The van der Waals surface area contributed by atoms with Crippen molar-refractivity contribution in [3.63, 3.8) is 0 Å². The minimum Gasteiger partial charge on any atom is -0.486 e. The maximum absolute atomic E-state index is 6.40. The fourth-order valence-electron chi connectivity index (χ4n) is 3.20. The minimum atomic E-state index is -3.20. The van der Waals surface area contributed by atoms with E-state index in [9.17, 15) is 0 Å². The number of nitrogens with zero attached hydrogens (tertiary/aromatic N) is 3. The smallest absolute Gasteiger partial charge is 0.266 e. The molecule has 5 rings (SSSR count). The normalized spacial score (nSPS) is 21.2. The molecule has 9 nitrogen and oxygen atoms in total. The molecule has 0 aliphatic carbocycles. The Morgan fingerprint density at radius 1 is 0.594 bits per heavy atom. The summed E-state index contributed by atoms with van der Waals surface area (Å²) in [7, 11) is -3.11. The molecular weight excluding hydrogens is 561 g/mol. The Morgan fingerprint density at radius 3 is 1.50 bits per heavy atom. The molecule has 3 heterocycles. The molecule has 2 aromatic carbocycles. The minimum absolute atomic E-state index is 0.454. The van der Waals surface area contributed by atoms with Gasteiger partial charge in [-0.1, -0.05) is 0 Å². The highest BCUT2D eigenvalue weighted by molar-refractivity contribution is 8.21. The van der Waals surface area contributed by atoms with E-state index in [1.807, 2.05) is 12.1 Å². The summed E-state index contributed by atoms with van der Waals surface area (Å²) in [6.45, 7) is 1.89. The molecule has 2 aromatic rings. The second-order valence-electron chi connectivity index (χ2n) is 6.72. The van der Waals surface area contributed by atoms with Gasteiger partial charge >= 0.3 is 0 Å². The average molecular weight is 577 g/mol. The highest BCUT2D eigenvalue weighted by Crippen LogP contribution is 2.84. The van der Waals surface area contributed by atoms with Crippen LogP contribution in [-0.4, -0.2) is 26.4 Å². The summed E-state index contributed by atoms with van der Waals surface area (Å²) < 4.78 is 35.7. The van der Waals surface area contributed by atoms with E-state index in [-0.39, 0.29) is 0 Å². The van der Waals surface area contributed by atoms with Gasteiger partial charge in [-0.3, -0.25) is 0 Å². The number of hydrogen-bond donors (Lipinski definition) is 2. The Kier molecular flexibility index (Phi) is 6.22. The van der Waals surface area contributed by atoms with E-state index in [2.05, 4.69) is 23.7 Å². The zero-order valence-electron chi connectivity index (χ0n) is 16.1. The Bertz CT molecular complexity index is 1180. The van der Waals surface area contributed by atoms with Crippen LogP contribution in [-0.2, 0) is 0 Å². The van der Waals surface area contributed by atoms with Gasteiger partial charge in [-0.2, -0.15) is 13.5 Å². The molecule has 32 heavy (non-hydrogen) atoms. The predicted octanol–water partition coefficient (Wildman–Crippen LogP) is 8.56. The Morgan fingerprint density at radius 2 is 1.03 bits per heavy atom. The van der Waals surface area contributed by atoms with E-state index in [0.29, 0.717) is 60.8 Å². The van der Waals surface area contributed by atoms with Crippen LogP contribution in [0, 0.1) is 0 Å². The van der Waals surface area contributed by atoms with Crippen LogP contribution in [0.2, 0.25) is 0 Å². The molecule has 16 heteroatoms. The summed E-state index contributed by atoms with van der Waals surface area (Å²) in [5, 5.41) is 6.60.